The summed E-state index contributed by atoms with van der Waals surface area (Å²) in [5.41, 5.74) is 8.79. The molecule has 1 heterocycles. The van der Waals surface area contributed by atoms with E-state index in [-0.39, 0.29) is 6.04 Å². The molecular formula is C20H27N3O. The Morgan fingerprint density at radius 3 is 1.75 bits per heavy atom. The smallest absolute Gasteiger partial charge is 0.0830 e. The van der Waals surface area contributed by atoms with Crippen LogP contribution < -0.4 is 5.73 Å². The Morgan fingerprint density at radius 1 is 0.792 bits per heavy atom. The van der Waals surface area contributed by atoms with Gasteiger partial charge in [0.1, 0.15) is 0 Å². The van der Waals surface area contributed by atoms with Crippen LogP contribution in [-0.2, 0) is 13.1 Å². The quantitative estimate of drug-likeness (QED) is 0.898. The van der Waals surface area contributed by atoms with Gasteiger partial charge in [-0.1, -0.05) is 60.7 Å². The maximum Gasteiger partial charge on any atom is 0.0830 e. The average molecular weight is 325 g/mol. The van der Waals surface area contributed by atoms with E-state index < -0.39 is 6.10 Å². The van der Waals surface area contributed by atoms with Gasteiger partial charge < -0.3 is 10.8 Å². The molecule has 0 spiro atoms. The van der Waals surface area contributed by atoms with Gasteiger partial charge in [0.2, 0.25) is 0 Å². The number of hydrogen-bond donors (Lipinski definition) is 2. The number of aliphatic hydroxyl groups is 1. The summed E-state index contributed by atoms with van der Waals surface area (Å²) >= 11 is 0. The van der Waals surface area contributed by atoms with Crippen molar-refractivity contribution in [3.05, 3.63) is 71.8 Å². The molecule has 0 radical (unpaired) electrons. The van der Waals surface area contributed by atoms with Gasteiger partial charge in [0.25, 0.3) is 0 Å². The Kier molecular flexibility index (Phi) is 5.99. The highest BCUT2D eigenvalue weighted by atomic mass is 16.3. The third-order valence-electron chi connectivity index (χ3n) is 4.64. The lowest BCUT2D eigenvalue weighted by atomic mass is 10.1. The molecule has 0 unspecified atom stereocenters. The van der Waals surface area contributed by atoms with Crippen LogP contribution in [0.1, 0.15) is 11.1 Å². The largest absolute Gasteiger partial charge is 0.390 e. The van der Waals surface area contributed by atoms with Gasteiger partial charge in [-0.05, 0) is 11.1 Å². The van der Waals surface area contributed by atoms with Gasteiger partial charge in [0.05, 0.1) is 6.10 Å². The highest BCUT2D eigenvalue weighted by Gasteiger charge is 2.24. The van der Waals surface area contributed by atoms with Gasteiger partial charge in [0.15, 0.2) is 0 Å². The molecule has 0 aliphatic carbocycles. The summed E-state index contributed by atoms with van der Waals surface area (Å²) in [5, 5.41) is 10.4. The first-order chi connectivity index (χ1) is 11.7. The zero-order chi connectivity index (χ0) is 16.8. The molecule has 4 nitrogen and oxygen atoms in total. The van der Waals surface area contributed by atoms with E-state index in [0.717, 1.165) is 32.7 Å². The zero-order valence-corrected chi connectivity index (χ0v) is 14.1. The first-order valence-corrected chi connectivity index (χ1v) is 8.67. The fraction of sp³-hybridized carbons (Fsp3) is 0.400. The maximum atomic E-state index is 10.4. The van der Waals surface area contributed by atoms with E-state index >= 15 is 0 Å². The summed E-state index contributed by atoms with van der Waals surface area (Å²) in [4.78, 5) is 4.65. The molecule has 3 N–H and O–H groups in total. The molecule has 2 aromatic carbocycles. The van der Waals surface area contributed by atoms with Crippen molar-refractivity contribution in [1.82, 2.24) is 9.80 Å². The highest BCUT2D eigenvalue weighted by molar-refractivity contribution is 5.15. The Balaban J connectivity index is 1.65. The summed E-state index contributed by atoms with van der Waals surface area (Å²) < 4.78 is 0. The third kappa shape index (κ3) is 4.89. The summed E-state index contributed by atoms with van der Waals surface area (Å²) in [6.07, 6.45) is -0.493. The average Bonchev–Trinajstić information content (AvgIpc) is 2.60. The van der Waals surface area contributed by atoms with E-state index in [1.165, 1.54) is 11.1 Å². The van der Waals surface area contributed by atoms with Crippen LogP contribution in [0.4, 0.5) is 0 Å². The number of nitrogens with zero attached hydrogens (tertiary/aromatic N) is 2. The van der Waals surface area contributed by atoms with Crippen LogP contribution in [0.5, 0.6) is 0 Å². The van der Waals surface area contributed by atoms with Crippen molar-refractivity contribution in [3.8, 4) is 0 Å². The van der Waals surface area contributed by atoms with Gasteiger partial charge in [-0.3, -0.25) is 9.80 Å². The van der Waals surface area contributed by atoms with Crippen molar-refractivity contribution >= 4 is 0 Å². The zero-order valence-electron chi connectivity index (χ0n) is 14.1. The van der Waals surface area contributed by atoms with Crippen LogP contribution in [0.25, 0.3) is 0 Å². The maximum absolute atomic E-state index is 10.4. The summed E-state index contributed by atoms with van der Waals surface area (Å²) in [7, 11) is 0. The minimum Gasteiger partial charge on any atom is -0.390 e. The molecule has 1 saturated heterocycles. The molecule has 128 valence electrons. The number of β-amino-alcohol motifs (C(OH)–C–C–N with tert-alkyl or cyclic N) is 1. The van der Waals surface area contributed by atoms with E-state index in [2.05, 4.69) is 58.3 Å². The second-order valence-corrected chi connectivity index (χ2v) is 6.67. The molecule has 0 saturated carbocycles. The molecular weight excluding hydrogens is 298 g/mol. The van der Waals surface area contributed by atoms with E-state index in [1.54, 1.807) is 0 Å². The number of aliphatic hydroxyl groups excluding tert-OH is 1. The van der Waals surface area contributed by atoms with Crippen molar-refractivity contribution in [1.29, 1.82) is 0 Å². The molecule has 0 bridgehead atoms. The minimum atomic E-state index is -0.493. The second-order valence-electron chi connectivity index (χ2n) is 6.67. The lowest BCUT2D eigenvalue weighted by molar-refractivity contribution is 0.0460. The SMILES string of the molecule is N[C@H]1CN(Cc2ccccc2)CCN(Cc2ccccc2)C[C@H]1O. The van der Waals surface area contributed by atoms with E-state index in [0.29, 0.717) is 6.54 Å². The molecule has 3 rings (SSSR count). The van der Waals surface area contributed by atoms with Gasteiger partial charge in [0, 0.05) is 45.3 Å². The third-order valence-corrected chi connectivity index (χ3v) is 4.64. The molecule has 1 aliphatic rings. The monoisotopic (exact) mass is 325 g/mol. The van der Waals surface area contributed by atoms with Crippen LogP contribution >= 0.6 is 0 Å². The van der Waals surface area contributed by atoms with Crippen molar-refractivity contribution in [2.45, 2.75) is 25.2 Å². The standard InChI is InChI=1S/C20H27N3O/c21-19-15-22(13-17-7-3-1-4-8-17)11-12-23(16-20(19)24)14-18-9-5-2-6-10-18/h1-10,19-20,24H,11-16,21H2/t19-,20+/m0/s1. The van der Waals surface area contributed by atoms with Gasteiger partial charge in [-0.25, -0.2) is 0 Å². The first kappa shape index (κ1) is 17.1. The van der Waals surface area contributed by atoms with Gasteiger partial charge in [-0.2, -0.15) is 0 Å². The fourth-order valence-electron chi connectivity index (χ4n) is 3.26. The van der Waals surface area contributed by atoms with Crippen LogP contribution in [-0.4, -0.2) is 53.2 Å². The number of rotatable bonds is 4. The molecule has 1 aliphatic heterocycles. The first-order valence-electron chi connectivity index (χ1n) is 8.67. The minimum absolute atomic E-state index is 0.215. The lowest BCUT2D eigenvalue weighted by Crippen LogP contribution is -2.53. The fourth-order valence-corrected chi connectivity index (χ4v) is 3.26. The summed E-state index contributed by atoms with van der Waals surface area (Å²) in [6, 6.07) is 20.6. The summed E-state index contributed by atoms with van der Waals surface area (Å²) in [5.74, 6) is 0. The van der Waals surface area contributed by atoms with Gasteiger partial charge in [-0.15, -0.1) is 0 Å². The van der Waals surface area contributed by atoms with Crippen LogP contribution in [0.15, 0.2) is 60.7 Å². The van der Waals surface area contributed by atoms with Crippen LogP contribution in [0.3, 0.4) is 0 Å². The lowest BCUT2D eigenvalue weighted by Gasteiger charge is -2.36. The molecule has 24 heavy (non-hydrogen) atoms. The molecule has 0 aromatic heterocycles. The Morgan fingerprint density at radius 2 is 1.25 bits per heavy atom. The number of nitrogens with two attached hydrogens (primary N) is 1. The van der Waals surface area contributed by atoms with E-state index in [9.17, 15) is 5.11 Å². The number of benzene rings is 2. The van der Waals surface area contributed by atoms with Crippen LogP contribution in [0, 0.1) is 0 Å². The van der Waals surface area contributed by atoms with Crippen molar-refractivity contribution in [2.24, 2.45) is 5.73 Å². The number of hydrogen-bond acceptors (Lipinski definition) is 4. The summed E-state index contributed by atoms with van der Waals surface area (Å²) in [6.45, 7) is 4.99. The highest BCUT2D eigenvalue weighted by Crippen LogP contribution is 2.12. The normalized spacial score (nSPS) is 23.6. The van der Waals surface area contributed by atoms with Crippen molar-refractivity contribution < 1.29 is 5.11 Å². The molecule has 2 aromatic rings. The molecule has 2 atom stereocenters. The predicted molar refractivity (Wildman–Crippen MR) is 97.4 cm³/mol. The van der Waals surface area contributed by atoms with Gasteiger partial charge >= 0.3 is 0 Å². The Hall–Kier alpha value is -1.72. The van der Waals surface area contributed by atoms with Crippen molar-refractivity contribution in [2.75, 3.05) is 26.2 Å². The Bertz CT molecular complexity index is 549. The van der Waals surface area contributed by atoms with E-state index in [4.69, 9.17) is 5.73 Å². The van der Waals surface area contributed by atoms with Crippen LogP contribution in [0.2, 0.25) is 0 Å². The second kappa shape index (κ2) is 8.40. The topological polar surface area (TPSA) is 52.7 Å². The Labute approximate surface area is 144 Å². The van der Waals surface area contributed by atoms with E-state index in [1.807, 2.05) is 12.1 Å². The molecule has 0 amide bonds. The molecule has 4 heteroatoms. The predicted octanol–water partition coefficient (Wildman–Crippen LogP) is 1.69. The molecule has 1 fully saturated rings. The van der Waals surface area contributed by atoms with Crippen molar-refractivity contribution in [3.63, 3.8) is 0 Å².